The van der Waals surface area contributed by atoms with Crippen molar-refractivity contribution < 1.29 is 28.2 Å². The highest BCUT2D eigenvalue weighted by atomic mass is 16.7. The number of aromatic nitrogens is 1. The van der Waals surface area contributed by atoms with Gasteiger partial charge in [-0.15, -0.1) is 0 Å². The van der Waals surface area contributed by atoms with E-state index in [2.05, 4.69) is 15.6 Å². The Morgan fingerprint density at radius 1 is 1.35 bits per heavy atom. The third-order valence-electron chi connectivity index (χ3n) is 4.08. The average Bonchev–Trinajstić information content (AvgIpc) is 3.30. The molecule has 0 spiro atoms. The zero-order valence-electron chi connectivity index (χ0n) is 13.8. The van der Waals surface area contributed by atoms with Crippen molar-refractivity contribution >= 4 is 11.8 Å². The Morgan fingerprint density at radius 3 is 3.12 bits per heavy atom. The number of piperidine rings is 1. The number of hydrogen-bond donors (Lipinski definition) is 2. The predicted octanol–water partition coefficient (Wildman–Crippen LogP) is 0.991. The summed E-state index contributed by atoms with van der Waals surface area (Å²) in [6.45, 7) is 0.878. The van der Waals surface area contributed by atoms with Gasteiger partial charge in [0.05, 0.1) is 0 Å². The van der Waals surface area contributed by atoms with E-state index in [4.69, 9.17) is 18.6 Å². The number of ether oxygens (including phenoxy) is 3. The molecule has 9 heteroatoms. The fourth-order valence-electron chi connectivity index (χ4n) is 2.74. The first-order valence-electron chi connectivity index (χ1n) is 8.24. The first-order chi connectivity index (χ1) is 12.7. The highest BCUT2D eigenvalue weighted by molar-refractivity contribution is 5.96. The molecule has 3 heterocycles. The quantitative estimate of drug-likeness (QED) is 0.819. The highest BCUT2D eigenvalue weighted by Crippen LogP contribution is 2.35. The van der Waals surface area contributed by atoms with E-state index in [0.717, 1.165) is 6.42 Å². The summed E-state index contributed by atoms with van der Waals surface area (Å²) >= 11 is 0. The van der Waals surface area contributed by atoms with E-state index in [1.165, 1.54) is 6.26 Å². The number of amides is 2. The summed E-state index contributed by atoms with van der Waals surface area (Å²) in [5, 5.41) is 5.37. The van der Waals surface area contributed by atoms with Crippen LogP contribution in [0.2, 0.25) is 0 Å². The van der Waals surface area contributed by atoms with Crippen molar-refractivity contribution in [2.45, 2.75) is 25.5 Å². The Kier molecular flexibility index (Phi) is 4.34. The Balaban J connectivity index is 1.34. The number of oxazole rings is 1. The van der Waals surface area contributed by atoms with Gasteiger partial charge in [-0.05, 0) is 25.0 Å². The molecule has 2 aromatic rings. The number of nitrogens with zero attached hydrogens (tertiary/aromatic N) is 1. The molecule has 0 saturated carbocycles. The molecule has 1 aromatic carbocycles. The monoisotopic (exact) mass is 359 g/mol. The Morgan fingerprint density at radius 2 is 2.23 bits per heavy atom. The topological polar surface area (TPSA) is 112 Å². The molecule has 4 rings (SSSR count). The SMILES string of the molecule is O=C(N[C@@H]1CCCNC1=O)c1coc(COc2ccc3c(c2)OCO3)n1. The Bertz CT molecular complexity index is 834. The van der Waals surface area contributed by atoms with Gasteiger partial charge in [-0.1, -0.05) is 0 Å². The van der Waals surface area contributed by atoms with E-state index in [1.807, 2.05) is 0 Å². The van der Waals surface area contributed by atoms with Gasteiger partial charge in [0.2, 0.25) is 18.6 Å². The molecule has 1 atom stereocenters. The number of carbonyl (C=O) groups is 2. The minimum absolute atomic E-state index is 0.0524. The second kappa shape index (κ2) is 6.95. The zero-order chi connectivity index (χ0) is 17.9. The van der Waals surface area contributed by atoms with Crippen LogP contribution in [-0.2, 0) is 11.4 Å². The molecule has 1 saturated heterocycles. The van der Waals surface area contributed by atoms with Crippen LogP contribution in [0.15, 0.2) is 28.9 Å². The van der Waals surface area contributed by atoms with Gasteiger partial charge in [-0.2, -0.15) is 0 Å². The summed E-state index contributed by atoms with van der Waals surface area (Å²) in [6, 6.07) is 4.66. The van der Waals surface area contributed by atoms with Gasteiger partial charge < -0.3 is 29.3 Å². The molecular weight excluding hydrogens is 342 g/mol. The fourth-order valence-corrected chi connectivity index (χ4v) is 2.74. The summed E-state index contributed by atoms with van der Waals surface area (Å²) in [7, 11) is 0. The van der Waals surface area contributed by atoms with Crippen LogP contribution in [0, 0.1) is 0 Å². The fraction of sp³-hybridized carbons (Fsp3) is 0.353. The van der Waals surface area contributed by atoms with Crippen LogP contribution < -0.4 is 24.8 Å². The molecule has 9 nitrogen and oxygen atoms in total. The summed E-state index contributed by atoms with van der Waals surface area (Å²) < 4.78 is 21.4. The van der Waals surface area contributed by atoms with Crippen molar-refractivity contribution in [3.05, 3.63) is 36.0 Å². The predicted molar refractivity (Wildman–Crippen MR) is 86.9 cm³/mol. The van der Waals surface area contributed by atoms with Gasteiger partial charge in [-0.3, -0.25) is 9.59 Å². The second-order valence-electron chi connectivity index (χ2n) is 5.89. The van der Waals surface area contributed by atoms with E-state index in [-0.39, 0.29) is 30.9 Å². The largest absolute Gasteiger partial charge is 0.484 e. The minimum atomic E-state index is -0.540. The number of benzene rings is 1. The average molecular weight is 359 g/mol. The van der Waals surface area contributed by atoms with Gasteiger partial charge in [0, 0.05) is 12.6 Å². The molecule has 136 valence electrons. The molecule has 1 aromatic heterocycles. The van der Waals surface area contributed by atoms with Crippen LogP contribution in [0.25, 0.3) is 0 Å². The van der Waals surface area contributed by atoms with E-state index in [9.17, 15) is 9.59 Å². The molecule has 26 heavy (non-hydrogen) atoms. The molecule has 0 radical (unpaired) electrons. The van der Waals surface area contributed by atoms with Gasteiger partial charge in [0.25, 0.3) is 5.91 Å². The van der Waals surface area contributed by atoms with Crippen molar-refractivity contribution in [1.29, 1.82) is 0 Å². The van der Waals surface area contributed by atoms with Crippen LogP contribution in [0.3, 0.4) is 0 Å². The summed E-state index contributed by atoms with van der Waals surface area (Å²) in [6.07, 6.45) is 2.67. The lowest BCUT2D eigenvalue weighted by atomic mass is 10.1. The van der Waals surface area contributed by atoms with E-state index in [0.29, 0.717) is 30.2 Å². The molecule has 2 amide bonds. The van der Waals surface area contributed by atoms with Crippen LogP contribution in [0.1, 0.15) is 29.2 Å². The van der Waals surface area contributed by atoms with Gasteiger partial charge in [-0.25, -0.2) is 4.98 Å². The van der Waals surface area contributed by atoms with E-state index >= 15 is 0 Å². The van der Waals surface area contributed by atoms with E-state index in [1.54, 1.807) is 18.2 Å². The van der Waals surface area contributed by atoms with Crippen molar-refractivity contribution in [2.75, 3.05) is 13.3 Å². The van der Waals surface area contributed by atoms with Gasteiger partial charge in [0.1, 0.15) is 18.1 Å². The molecule has 0 unspecified atom stereocenters. The summed E-state index contributed by atoms with van der Waals surface area (Å²) in [4.78, 5) is 28.0. The lowest BCUT2D eigenvalue weighted by Crippen LogP contribution is -2.50. The molecular formula is C17H17N3O6. The minimum Gasteiger partial charge on any atom is -0.484 e. The van der Waals surface area contributed by atoms with Crippen molar-refractivity contribution in [2.24, 2.45) is 0 Å². The summed E-state index contributed by atoms with van der Waals surface area (Å²) in [5.74, 6) is 1.46. The standard InChI is InChI=1S/C17H17N3O6/c21-16-11(2-1-5-18-16)20-17(22)12-7-24-15(19-12)8-23-10-3-4-13-14(6-10)26-9-25-13/h3-4,6-7,11H,1-2,5,8-9H2,(H,18,21)(H,20,22)/t11-/m1/s1. The first-order valence-corrected chi connectivity index (χ1v) is 8.24. The maximum atomic E-state index is 12.2. The zero-order valence-corrected chi connectivity index (χ0v) is 13.8. The summed E-state index contributed by atoms with van der Waals surface area (Å²) in [5.41, 5.74) is 0.104. The van der Waals surface area contributed by atoms with Crippen LogP contribution in [0.4, 0.5) is 0 Å². The maximum absolute atomic E-state index is 12.2. The smallest absolute Gasteiger partial charge is 0.273 e. The van der Waals surface area contributed by atoms with E-state index < -0.39 is 11.9 Å². The third-order valence-corrected chi connectivity index (χ3v) is 4.08. The normalized spacial score (nSPS) is 18.3. The molecule has 2 N–H and O–H groups in total. The second-order valence-corrected chi connectivity index (χ2v) is 5.89. The van der Waals surface area contributed by atoms with Crippen molar-refractivity contribution in [3.63, 3.8) is 0 Å². The highest BCUT2D eigenvalue weighted by Gasteiger charge is 2.25. The number of hydrogen-bond acceptors (Lipinski definition) is 7. The number of fused-ring (bicyclic) bond motifs is 1. The van der Waals surface area contributed by atoms with Crippen LogP contribution >= 0.6 is 0 Å². The molecule has 0 bridgehead atoms. The maximum Gasteiger partial charge on any atom is 0.273 e. The van der Waals surface area contributed by atoms with Crippen LogP contribution in [-0.4, -0.2) is 36.2 Å². The first kappa shape index (κ1) is 16.2. The number of carbonyl (C=O) groups excluding carboxylic acids is 2. The van der Waals surface area contributed by atoms with Gasteiger partial charge >= 0.3 is 0 Å². The molecule has 2 aliphatic heterocycles. The molecule has 2 aliphatic rings. The molecule has 0 aliphatic carbocycles. The Labute approximate surface area is 148 Å². The number of nitrogens with one attached hydrogen (secondary N) is 2. The van der Waals surface area contributed by atoms with Crippen LogP contribution in [0.5, 0.6) is 17.2 Å². The number of rotatable bonds is 5. The lowest BCUT2D eigenvalue weighted by Gasteiger charge is -2.22. The Hall–Kier alpha value is -3.23. The molecule has 1 fully saturated rings. The lowest BCUT2D eigenvalue weighted by molar-refractivity contribution is -0.124. The third kappa shape index (κ3) is 3.41. The van der Waals surface area contributed by atoms with Gasteiger partial charge in [0.15, 0.2) is 23.8 Å². The van der Waals surface area contributed by atoms with Crippen molar-refractivity contribution in [1.82, 2.24) is 15.6 Å². The van der Waals surface area contributed by atoms with Crippen molar-refractivity contribution in [3.8, 4) is 17.2 Å².